The number of aryl methyl sites for hydroxylation is 1. The van der Waals surface area contributed by atoms with Crippen LogP contribution >= 0.6 is 0 Å². The van der Waals surface area contributed by atoms with Crippen LogP contribution in [0.5, 0.6) is 0 Å². The Morgan fingerprint density at radius 3 is 2.55 bits per heavy atom. The highest BCUT2D eigenvalue weighted by atomic mass is 16.3. The molecule has 0 aliphatic heterocycles. The third-order valence-electron chi connectivity index (χ3n) is 3.31. The maximum Gasteiger partial charge on any atom is 0.255 e. The van der Waals surface area contributed by atoms with E-state index in [4.69, 9.17) is 5.11 Å². The molecule has 2 N–H and O–H groups in total. The van der Waals surface area contributed by atoms with Gasteiger partial charge in [0.15, 0.2) is 0 Å². The van der Waals surface area contributed by atoms with Gasteiger partial charge >= 0.3 is 0 Å². The van der Waals surface area contributed by atoms with Crippen molar-refractivity contribution in [3.8, 4) is 11.8 Å². The number of aliphatic hydroxyl groups excluding tert-OH is 2. The van der Waals surface area contributed by atoms with Gasteiger partial charge in [-0.15, -0.1) is 0 Å². The van der Waals surface area contributed by atoms with E-state index >= 15 is 0 Å². The fraction of sp³-hybridized carbons (Fsp3) is 0.438. The Hall–Kier alpha value is -1.83. The number of rotatable bonds is 3. The van der Waals surface area contributed by atoms with Crippen molar-refractivity contribution < 1.29 is 15.0 Å². The third-order valence-corrected chi connectivity index (χ3v) is 3.31. The number of aliphatic hydroxyl groups is 2. The molecule has 0 aliphatic rings. The van der Waals surface area contributed by atoms with Gasteiger partial charge in [-0.05, 0) is 38.5 Å². The number of nitrogens with zero attached hydrogens (tertiary/aromatic N) is 1. The highest BCUT2D eigenvalue weighted by molar-refractivity contribution is 5.97. The number of benzene rings is 1. The summed E-state index contributed by atoms with van der Waals surface area (Å²) in [6.45, 7) is 5.12. The summed E-state index contributed by atoms with van der Waals surface area (Å²) in [5.74, 6) is 5.16. The van der Waals surface area contributed by atoms with Crippen molar-refractivity contribution in [1.82, 2.24) is 4.90 Å². The maximum absolute atomic E-state index is 12.5. The van der Waals surface area contributed by atoms with Crippen LogP contribution in [0.25, 0.3) is 0 Å². The lowest BCUT2D eigenvalue weighted by Gasteiger charge is -2.34. The molecule has 1 amide bonds. The van der Waals surface area contributed by atoms with Gasteiger partial charge in [0.2, 0.25) is 0 Å². The molecule has 20 heavy (non-hydrogen) atoms. The van der Waals surface area contributed by atoms with Crippen molar-refractivity contribution in [1.29, 1.82) is 0 Å². The average Bonchev–Trinajstić information content (AvgIpc) is 2.43. The highest BCUT2D eigenvalue weighted by Gasteiger charge is 2.28. The Morgan fingerprint density at radius 1 is 1.35 bits per heavy atom. The quantitative estimate of drug-likeness (QED) is 0.814. The van der Waals surface area contributed by atoms with Gasteiger partial charge in [0, 0.05) is 12.6 Å². The van der Waals surface area contributed by atoms with Crippen LogP contribution in [0.15, 0.2) is 18.2 Å². The number of carbonyl (C=O) groups excluding carboxylic acids is 1. The molecule has 0 bridgehead atoms. The molecule has 0 radical (unpaired) electrons. The summed E-state index contributed by atoms with van der Waals surface area (Å²) >= 11 is 0. The second-order valence-electron chi connectivity index (χ2n) is 5.34. The third kappa shape index (κ3) is 3.60. The molecular formula is C16H21NO3. The van der Waals surface area contributed by atoms with E-state index in [9.17, 15) is 9.90 Å². The molecule has 1 aromatic carbocycles. The minimum Gasteiger partial charge on any atom is -0.394 e. The van der Waals surface area contributed by atoms with Gasteiger partial charge in [-0.25, -0.2) is 0 Å². The molecule has 1 aromatic rings. The minimum atomic E-state index is -0.649. The molecule has 0 heterocycles. The summed E-state index contributed by atoms with van der Waals surface area (Å²) in [6.07, 6.45) is 0. The topological polar surface area (TPSA) is 60.8 Å². The number of hydrogen-bond acceptors (Lipinski definition) is 3. The Morgan fingerprint density at radius 2 is 2.00 bits per heavy atom. The number of likely N-dealkylation sites (N-methyl/N-ethyl adjacent to an activating group) is 1. The van der Waals surface area contributed by atoms with E-state index in [2.05, 4.69) is 11.8 Å². The average molecular weight is 275 g/mol. The SMILES string of the molecule is Cc1ccc(C(=O)N(C)C(C)(C)CO)c(C#CCO)c1. The summed E-state index contributed by atoms with van der Waals surface area (Å²) < 4.78 is 0. The highest BCUT2D eigenvalue weighted by Crippen LogP contribution is 2.18. The molecule has 0 saturated carbocycles. The first-order valence-corrected chi connectivity index (χ1v) is 6.43. The predicted octanol–water partition coefficient (Wildman–Crippen LogP) is 1.18. The zero-order chi connectivity index (χ0) is 15.3. The van der Waals surface area contributed by atoms with Crippen molar-refractivity contribution in [2.75, 3.05) is 20.3 Å². The minimum absolute atomic E-state index is 0.126. The van der Waals surface area contributed by atoms with E-state index in [1.54, 1.807) is 27.0 Å². The molecule has 0 atom stereocenters. The van der Waals surface area contributed by atoms with Crippen LogP contribution in [0.4, 0.5) is 0 Å². The van der Waals surface area contributed by atoms with Gasteiger partial charge in [0.05, 0.1) is 17.7 Å². The van der Waals surface area contributed by atoms with E-state index in [0.717, 1.165) is 5.56 Å². The molecule has 0 aliphatic carbocycles. The Labute approximate surface area is 120 Å². The molecule has 0 fully saturated rings. The summed E-state index contributed by atoms with van der Waals surface area (Å²) in [5, 5.41) is 18.2. The summed E-state index contributed by atoms with van der Waals surface area (Å²) in [7, 11) is 1.65. The van der Waals surface area contributed by atoms with Crippen molar-refractivity contribution >= 4 is 5.91 Å². The molecule has 108 valence electrons. The van der Waals surface area contributed by atoms with E-state index in [0.29, 0.717) is 11.1 Å². The van der Waals surface area contributed by atoms with Crippen LogP contribution in [0.3, 0.4) is 0 Å². The van der Waals surface area contributed by atoms with Crippen LogP contribution in [-0.4, -0.2) is 46.8 Å². The Kier molecular flexibility index (Phi) is 5.32. The fourth-order valence-corrected chi connectivity index (χ4v) is 1.64. The fourth-order valence-electron chi connectivity index (χ4n) is 1.64. The Balaban J connectivity index is 3.22. The molecule has 0 unspecified atom stereocenters. The lowest BCUT2D eigenvalue weighted by Crippen LogP contribution is -2.47. The van der Waals surface area contributed by atoms with Gasteiger partial charge in [-0.1, -0.05) is 17.9 Å². The van der Waals surface area contributed by atoms with E-state index in [1.807, 2.05) is 19.1 Å². The standard InChI is InChI=1S/C16H21NO3/c1-12-7-8-14(13(10-12)6-5-9-18)15(20)17(4)16(2,3)11-19/h7-8,10,18-19H,9,11H2,1-4H3. The maximum atomic E-state index is 12.5. The van der Waals surface area contributed by atoms with E-state index < -0.39 is 5.54 Å². The molecule has 1 rings (SSSR count). The van der Waals surface area contributed by atoms with Gasteiger partial charge < -0.3 is 15.1 Å². The van der Waals surface area contributed by atoms with Crippen molar-refractivity contribution in [3.05, 3.63) is 34.9 Å². The molecule has 4 nitrogen and oxygen atoms in total. The summed E-state index contributed by atoms with van der Waals surface area (Å²) in [4.78, 5) is 14.0. The lowest BCUT2D eigenvalue weighted by atomic mass is 10.00. The largest absolute Gasteiger partial charge is 0.394 e. The molecular weight excluding hydrogens is 254 g/mol. The second-order valence-corrected chi connectivity index (χ2v) is 5.34. The first-order valence-electron chi connectivity index (χ1n) is 6.43. The van der Waals surface area contributed by atoms with Crippen molar-refractivity contribution in [2.45, 2.75) is 26.3 Å². The molecule has 0 saturated heterocycles. The first kappa shape index (κ1) is 16.2. The number of amides is 1. The Bertz CT molecular complexity index is 553. The smallest absolute Gasteiger partial charge is 0.255 e. The van der Waals surface area contributed by atoms with Crippen LogP contribution in [0, 0.1) is 18.8 Å². The normalized spacial score (nSPS) is 10.7. The second kappa shape index (κ2) is 6.56. The van der Waals surface area contributed by atoms with E-state index in [1.165, 1.54) is 4.90 Å². The van der Waals surface area contributed by atoms with Crippen LogP contribution in [0.2, 0.25) is 0 Å². The zero-order valence-corrected chi connectivity index (χ0v) is 12.4. The van der Waals surface area contributed by atoms with E-state index in [-0.39, 0.29) is 19.1 Å². The summed E-state index contributed by atoms with van der Waals surface area (Å²) in [6, 6.07) is 5.38. The summed E-state index contributed by atoms with van der Waals surface area (Å²) in [5.41, 5.74) is 1.40. The van der Waals surface area contributed by atoms with Crippen LogP contribution in [0.1, 0.15) is 35.3 Å². The van der Waals surface area contributed by atoms with Crippen molar-refractivity contribution in [2.24, 2.45) is 0 Å². The predicted molar refractivity (Wildman–Crippen MR) is 78.4 cm³/mol. The monoisotopic (exact) mass is 275 g/mol. The van der Waals surface area contributed by atoms with Gasteiger partial charge in [0.1, 0.15) is 6.61 Å². The molecule has 0 aromatic heterocycles. The van der Waals surface area contributed by atoms with Gasteiger partial charge in [-0.2, -0.15) is 0 Å². The first-order chi connectivity index (χ1) is 9.33. The van der Waals surface area contributed by atoms with Crippen LogP contribution in [-0.2, 0) is 0 Å². The van der Waals surface area contributed by atoms with Gasteiger partial charge in [-0.3, -0.25) is 4.79 Å². The van der Waals surface area contributed by atoms with Gasteiger partial charge in [0.25, 0.3) is 5.91 Å². The number of carbonyl (C=O) groups is 1. The van der Waals surface area contributed by atoms with Crippen molar-refractivity contribution in [3.63, 3.8) is 0 Å². The molecule has 0 spiro atoms. The number of hydrogen-bond donors (Lipinski definition) is 2. The lowest BCUT2D eigenvalue weighted by molar-refractivity contribution is 0.0473. The zero-order valence-electron chi connectivity index (χ0n) is 12.4. The molecule has 4 heteroatoms. The van der Waals surface area contributed by atoms with Crippen LogP contribution < -0.4 is 0 Å².